The second-order valence-corrected chi connectivity index (χ2v) is 4.54. The highest BCUT2D eigenvalue weighted by atomic mass is 79.9. The first kappa shape index (κ1) is 12.1. The van der Waals surface area contributed by atoms with Crippen molar-refractivity contribution in [2.75, 3.05) is 0 Å². The van der Waals surface area contributed by atoms with E-state index in [1.165, 1.54) is 12.1 Å². The molecular formula is C10H11BrFNO2. The van der Waals surface area contributed by atoms with Crippen LogP contribution in [0.3, 0.4) is 0 Å². The number of halogens is 2. The van der Waals surface area contributed by atoms with Gasteiger partial charge in [-0.25, -0.2) is 4.39 Å². The molecular weight excluding hydrogens is 265 g/mol. The van der Waals surface area contributed by atoms with E-state index in [4.69, 9.17) is 0 Å². The van der Waals surface area contributed by atoms with Crippen molar-refractivity contribution < 1.29 is 9.31 Å². The molecule has 0 saturated carbocycles. The van der Waals surface area contributed by atoms with Gasteiger partial charge in [-0.3, -0.25) is 10.1 Å². The van der Waals surface area contributed by atoms with Crippen molar-refractivity contribution in [1.29, 1.82) is 0 Å². The Balaban J connectivity index is 2.88. The Morgan fingerprint density at radius 3 is 2.73 bits per heavy atom. The number of nitro benzene ring substituents is 1. The highest BCUT2D eigenvalue weighted by Crippen LogP contribution is 2.20. The van der Waals surface area contributed by atoms with Crippen LogP contribution in [-0.2, 0) is 6.42 Å². The Hall–Kier alpha value is -0.970. The van der Waals surface area contributed by atoms with Gasteiger partial charge in [0.2, 0.25) is 0 Å². The van der Waals surface area contributed by atoms with Gasteiger partial charge in [0.25, 0.3) is 5.69 Å². The maximum absolute atomic E-state index is 13.4. The third-order valence-electron chi connectivity index (χ3n) is 2.13. The smallest absolute Gasteiger partial charge is 0.258 e. The average molecular weight is 276 g/mol. The van der Waals surface area contributed by atoms with Crippen molar-refractivity contribution in [3.8, 4) is 0 Å². The fourth-order valence-corrected chi connectivity index (χ4v) is 1.55. The van der Waals surface area contributed by atoms with Gasteiger partial charge in [-0.1, -0.05) is 22.9 Å². The minimum absolute atomic E-state index is 0.202. The van der Waals surface area contributed by atoms with E-state index in [1.54, 1.807) is 0 Å². The van der Waals surface area contributed by atoms with E-state index in [2.05, 4.69) is 15.9 Å². The van der Waals surface area contributed by atoms with Gasteiger partial charge in [0, 0.05) is 10.9 Å². The molecule has 1 unspecified atom stereocenters. The summed E-state index contributed by atoms with van der Waals surface area (Å²) in [5.41, 5.74) is 0.295. The van der Waals surface area contributed by atoms with E-state index in [-0.39, 0.29) is 10.5 Å². The van der Waals surface area contributed by atoms with E-state index in [9.17, 15) is 14.5 Å². The standard InChI is InChI=1S/C10H11BrFNO2/c1-2-8(11)5-7-3-4-9(13(14)15)6-10(7)12/h3-4,6,8H,2,5H2,1H3. The predicted octanol–water partition coefficient (Wildman–Crippen LogP) is 3.45. The number of nitro groups is 1. The topological polar surface area (TPSA) is 43.1 Å². The lowest BCUT2D eigenvalue weighted by Crippen LogP contribution is -2.03. The molecule has 0 N–H and O–H groups in total. The molecule has 0 amide bonds. The Morgan fingerprint density at radius 1 is 1.60 bits per heavy atom. The van der Waals surface area contributed by atoms with Crippen molar-refractivity contribution in [2.24, 2.45) is 0 Å². The van der Waals surface area contributed by atoms with Gasteiger partial charge in [0.1, 0.15) is 5.82 Å². The van der Waals surface area contributed by atoms with E-state index >= 15 is 0 Å². The summed E-state index contributed by atoms with van der Waals surface area (Å²) in [5, 5.41) is 10.4. The monoisotopic (exact) mass is 275 g/mol. The summed E-state index contributed by atoms with van der Waals surface area (Å²) in [4.78, 5) is 9.98. The Bertz CT molecular complexity index is 370. The number of hydrogen-bond donors (Lipinski definition) is 0. The SMILES string of the molecule is CCC(Br)Cc1ccc([N+](=O)[O-])cc1F. The fourth-order valence-electron chi connectivity index (χ4n) is 1.20. The molecule has 0 heterocycles. The van der Waals surface area contributed by atoms with E-state index in [0.29, 0.717) is 12.0 Å². The van der Waals surface area contributed by atoms with Gasteiger partial charge in [-0.15, -0.1) is 0 Å². The molecule has 0 aliphatic carbocycles. The second-order valence-electron chi connectivity index (χ2n) is 3.24. The Morgan fingerprint density at radius 2 is 2.27 bits per heavy atom. The molecule has 82 valence electrons. The van der Waals surface area contributed by atoms with E-state index in [0.717, 1.165) is 12.5 Å². The molecule has 0 bridgehead atoms. The van der Waals surface area contributed by atoms with Gasteiger partial charge >= 0.3 is 0 Å². The van der Waals surface area contributed by atoms with Crippen molar-refractivity contribution in [3.05, 3.63) is 39.7 Å². The van der Waals surface area contributed by atoms with Crippen LogP contribution in [0.2, 0.25) is 0 Å². The number of non-ortho nitro benzene ring substituents is 1. The molecule has 3 nitrogen and oxygen atoms in total. The maximum Gasteiger partial charge on any atom is 0.272 e. The minimum Gasteiger partial charge on any atom is -0.258 e. The normalized spacial score (nSPS) is 12.5. The largest absolute Gasteiger partial charge is 0.272 e. The maximum atomic E-state index is 13.4. The van der Waals surface area contributed by atoms with Gasteiger partial charge in [-0.05, 0) is 24.5 Å². The van der Waals surface area contributed by atoms with Crippen LogP contribution in [0.15, 0.2) is 18.2 Å². The van der Waals surface area contributed by atoms with Crippen LogP contribution in [0.25, 0.3) is 0 Å². The average Bonchev–Trinajstić information content (AvgIpc) is 2.20. The quantitative estimate of drug-likeness (QED) is 0.480. The van der Waals surface area contributed by atoms with Crippen LogP contribution < -0.4 is 0 Å². The molecule has 1 aromatic carbocycles. The molecule has 1 atom stereocenters. The molecule has 1 aromatic rings. The van der Waals surface area contributed by atoms with Crippen LogP contribution in [0, 0.1) is 15.9 Å². The number of benzene rings is 1. The third-order valence-corrected chi connectivity index (χ3v) is 3.10. The van der Waals surface area contributed by atoms with Crippen molar-refractivity contribution in [2.45, 2.75) is 24.6 Å². The molecule has 0 aliphatic rings. The number of hydrogen-bond acceptors (Lipinski definition) is 2. The lowest BCUT2D eigenvalue weighted by molar-refractivity contribution is -0.385. The summed E-state index contributed by atoms with van der Waals surface area (Å²) in [6.45, 7) is 1.99. The van der Waals surface area contributed by atoms with Crippen LogP contribution in [0.5, 0.6) is 0 Å². The van der Waals surface area contributed by atoms with Crippen LogP contribution >= 0.6 is 15.9 Å². The first-order valence-corrected chi connectivity index (χ1v) is 5.53. The first-order chi connectivity index (χ1) is 7.04. The fraction of sp³-hybridized carbons (Fsp3) is 0.400. The number of rotatable bonds is 4. The lowest BCUT2D eigenvalue weighted by atomic mass is 10.1. The van der Waals surface area contributed by atoms with E-state index in [1.807, 2.05) is 6.92 Å². The molecule has 0 radical (unpaired) electrons. The first-order valence-electron chi connectivity index (χ1n) is 4.61. The molecule has 15 heavy (non-hydrogen) atoms. The molecule has 0 saturated heterocycles. The van der Waals surface area contributed by atoms with Crippen LogP contribution in [0.1, 0.15) is 18.9 Å². The summed E-state index contributed by atoms with van der Waals surface area (Å²) in [7, 11) is 0. The van der Waals surface area contributed by atoms with E-state index < -0.39 is 10.7 Å². The van der Waals surface area contributed by atoms with Gasteiger partial charge < -0.3 is 0 Å². The zero-order valence-corrected chi connectivity index (χ0v) is 9.83. The summed E-state index contributed by atoms with van der Waals surface area (Å²) in [6, 6.07) is 3.76. The summed E-state index contributed by atoms with van der Waals surface area (Å²) >= 11 is 3.39. The van der Waals surface area contributed by atoms with Crippen molar-refractivity contribution in [3.63, 3.8) is 0 Å². The highest BCUT2D eigenvalue weighted by molar-refractivity contribution is 9.09. The third kappa shape index (κ3) is 3.27. The van der Waals surface area contributed by atoms with Crippen LogP contribution in [0.4, 0.5) is 10.1 Å². The van der Waals surface area contributed by atoms with Crippen molar-refractivity contribution >= 4 is 21.6 Å². The number of alkyl halides is 1. The van der Waals surface area contributed by atoms with Gasteiger partial charge in [0.05, 0.1) is 11.0 Å². The van der Waals surface area contributed by atoms with Crippen molar-refractivity contribution in [1.82, 2.24) is 0 Å². The highest BCUT2D eigenvalue weighted by Gasteiger charge is 2.12. The van der Waals surface area contributed by atoms with Gasteiger partial charge in [-0.2, -0.15) is 0 Å². The van der Waals surface area contributed by atoms with Gasteiger partial charge in [0.15, 0.2) is 0 Å². The predicted molar refractivity (Wildman–Crippen MR) is 59.8 cm³/mol. The second kappa shape index (κ2) is 5.21. The summed E-state index contributed by atoms with van der Waals surface area (Å²) in [6.07, 6.45) is 1.43. The zero-order chi connectivity index (χ0) is 11.4. The molecule has 5 heteroatoms. The molecule has 0 fully saturated rings. The summed E-state index contributed by atoms with van der Waals surface area (Å²) in [5.74, 6) is -0.512. The molecule has 0 aromatic heterocycles. The summed E-state index contributed by atoms with van der Waals surface area (Å²) < 4.78 is 13.4. The number of nitrogens with zero attached hydrogens (tertiary/aromatic N) is 1. The molecule has 0 aliphatic heterocycles. The minimum atomic E-state index is -0.599. The Kier molecular flexibility index (Phi) is 4.20. The Labute approximate surface area is 95.6 Å². The lowest BCUT2D eigenvalue weighted by Gasteiger charge is -2.07. The zero-order valence-electron chi connectivity index (χ0n) is 8.24. The molecule has 1 rings (SSSR count). The van der Waals surface area contributed by atoms with Crippen LogP contribution in [-0.4, -0.2) is 9.75 Å². The molecule has 0 spiro atoms.